The van der Waals surface area contributed by atoms with E-state index in [4.69, 9.17) is 40.5 Å². The molecule has 0 aliphatic heterocycles. The first-order chi connectivity index (χ1) is 4.61. The Morgan fingerprint density at radius 1 is 1.00 bits per heavy atom. The summed E-state index contributed by atoms with van der Waals surface area (Å²) in [5.41, 5.74) is 6.92. The lowest BCUT2D eigenvalue weighted by Gasteiger charge is -1.95. The summed E-state index contributed by atoms with van der Waals surface area (Å²) in [6.07, 6.45) is 0. The number of hydrogen-bond acceptors (Lipinski definition) is 2. The predicted octanol–water partition coefficient (Wildman–Crippen LogP) is 2.35. The second-order valence-electron chi connectivity index (χ2n) is 1.44. The minimum Gasteiger partial charge on any atom is -0.265 e. The van der Waals surface area contributed by atoms with Crippen LogP contribution in [0.2, 0.25) is 15.3 Å². The van der Waals surface area contributed by atoms with E-state index in [-0.39, 0.29) is 21.3 Å². The monoisotopic (exact) mass is 196 g/mol. The van der Waals surface area contributed by atoms with Crippen LogP contribution in [0.15, 0.2) is 0 Å². The van der Waals surface area contributed by atoms with E-state index in [1.807, 2.05) is 0 Å². The highest BCUT2D eigenvalue weighted by Gasteiger charge is 2.06. The molecule has 6 heteroatoms. The van der Waals surface area contributed by atoms with Gasteiger partial charge in [0, 0.05) is 0 Å². The fourth-order valence-corrected chi connectivity index (χ4v) is 0.866. The maximum atomic E-state index is 6.92. The van der Waals surface area contributed by atoms with Gasteiger partial charge >= 0.3 is 0 Å². The van der Waals surface area contributed by atoms with Gasteiger partial charge in [0.2, 0.25) is 5.95 Å². The molecular formula is C4HCl3N3. The zero-order chi connectivity index (χ0) is 7.72. The summed E-state index contributed by atoms with van der Waals surface area (Å²) in [4.78, 5) is 6.88. The number of rotatable bonds is 0. The second kappa shape index (κ2) is 2.78. The van der Waals surface area contributed by atoms with Gasteiger partial charge in [-0.15, -0.1) is 0 Å². The third kappa shape index (κ3) is 1.42. The molecule has 0 saturated heterocycles. The van der Waals surface area contributed by atoms with Gasteiger partial charge in [0.1, 0.15) is 5.02 Å². The number of aromatic nitrogens is 2. The molecule has 1 aromatic heterocycles. The Morgan fingerprint density at radius 2 is 1.40 bits per heavy atom. The van der Waals surface area contributed by atoms with E-state index in [1.165, 1.54) is 0 Å². The minimum atomic E-state index is -0.237. The highest BCUT2D eigenvalue weighted by atomic mass is 35.5. The van der Waals surface area contributed by atoms with Crippen LogP contribution >= 0.6 is 34.8 Å². The number of nitrogens with zero attached hydrogens (tertiary/aromatic N) is 2. The van der Waals surface area contributed by atoms with Crippen LogP contribution in [0, 0.1) is 0 Å². The molecular weight excluding hydrogens is 196 g/mol. The van der Waals surface area contributed by atoms with Crippen LogP contribution in [0.3, 0.4) is 0 Å². The Morgan fingerprint density at radius 3 is 1.80 bits per heavy atom. The summed E-state index contributed by atoms with van der Waals surface area (Å²) in [6, 6.07) is 0. The predicted molar refractivity (Wildman–Crippen MR) is 39.8 cm³/mol. The van der Waals surface area contributed by atoms with Crippen LogP contribution in [0.4, 0.5) is 5.95 Å². The van der Waals surface area contributed by atoms with Gasteiger partial charge in [0.05, 0.1) is 0 Å². The van der Waals surface area contributed by atoms with Crippen molar-refractivity contribution in [3.8, 4) is 0 Å². The molecule has 0 aliphatic rings. The first kappa shape index (κ1) is 7.85. The molecule has 1 heterocycles. The molecule has 0 saturated carbocycles. The number of nitrogens with one attached hydrogen (secondary N) is 1. The zero-order valence-corrected chi connectivity index (χ0v) is 6.80. The van der Waals surface area contributed by atoms with E-state index < -0.39 is 0 Å². The molecule has 53 valence electrons. The van der Waals surface area contributed by atoms with Crippen molar-refractivity contribution in [3.05, 3.63) is 15.3 Å². The maximum Gasteiger partial charge on any atom is 0.244 e. The normalized spacial score (nSPS) is 9.90. The van der Waals surface area contributed by atoms with Gasteiger partial charge in [-0.25, -0.2) is 0 Å². The molecule has 0 unspecified atom stereocenters. The lowest BCUT2D eigenvalue weighted by atomic mass is 10.6. The van der Waals surface area contributed by atoms with Crippen molar-refractivity contribution in [2.24, 2.45) is 0 Å². The Hall–Kier alpha value is -0.250. The molecule has 1 rings (SSSR count). The summed E-state index contributed by atoms with van der Waals surface area (Å²) in [5.74, 6) is -0.237. The van der Waals surface area contributed by atoms with Crippen molar-refractivity contribution in [1.82, 2.24) is 15.7 Å². The fourth-order valence-electron chi connectivity index (χ4n) is 0.394. The third-order valence-corrected chi connectivity index (χ3v) is 1.87. The van der Waals surface area contributed by atoms with Crippen molar-refractivity contribution in [1.29, 1.82) is 0 Å². The first-order valence-corrected chi connectivity index (χ1v) is 3.35. The van der Waals surface area contributed by atoms with Crippen molar-refractivity contribution >= 4 is 40.8 Å². The fraction of sp³-hybridized carbons (Fsp3) is 0. The number of hydrogen-bond donors (Lipinski definition) is 0. The molecule has 0 spiro atoms. The van der Waals surface area contributed by atoms with E-state index in [0.717, 1.165) is 0 Å². The molecule has 0 amide bonds. The quantitative estimate of drug-likeness (QED) is 0.600. The summed E-state index contributed by atoms with van der Waals surface area (Å²) < 4.78 is 0. The maximum absolute atomic E-state index is 6.92. The molecule has 0 bridgehead atoms. The van der Waals surface area contributed by atoms with Crippen LogP contribution < -0.4 is 5.73 Å². The molecule has 1 N–H and O–H groups in total. The third-order valence-electron chi connectivity index (χ3n) is 0.770. The molecule has 1 aromatic rings. The van der Waals surface area contributed by atoms with Gasteiger partial charge in [0.15, 0.2) is 10.3 Å². The van der Waals surface area contributed by atoms with Gasteiger partial charge < -0.3 is 0 Å². The van der Waals surface area contributed by atoms with E-state index in [1.54, 1.807) is 0 Å². The minimum absolute atomic E-state index is 0.00617. The van der Waals surface area contributed by atoms with Crippen LogP contribution in [0.25, 0.3) is 0 Å². The van der Waals surface area contributed by atoms with Gasteiger partial charge in [-0.05, 0) is 0 Å². The SMILES string of the molecule is [NH]c1nc(Cl)c(Cl)c(Cl)n1. The van der Waals surface area contributed by atoms with Crippen LogP contribution in [-0.4, -0.2) is 9.97 Å². The van der Waals surface area contributed by atoms with Gasteiger partial charge in [-0.3, -0.25) is 5.73 Å². The zero-order valence-electron chi connectivity index (χ0n) is 4.53. The lowest BCUT2D eigenvalue weighted by molar-refractivity contribution is 1.12. The average molecular weight is 197 g/mol. The number of halogens is 3. The van der Waals surface area contributed by atoms with E-state index >= 15 is 0 Å². The Balaban J connectivity index is 3.31. The average Bonchev–Trinajstić information content (AvgIpc) is 1.82. The lowest BCUT2D eigenvalue weighted by Crippen LogP contribution is -1.86. The summed E-state index contributed by atoms with van der Waals surface area (Å²) in [7, 11) is 0. The summed E-state index contributed by atoms with van der Waals surface area (Å²) in [6.45, 7) is 0. The van der Waals surface area contributed by atoms with E-state index in [9.17, 15) is 0 Å². The highest BCUT2D eigenvalue weighted by Crippen LogP contribution is 2.26. The van der Waals surface area contributed by atoms with Crippen molar-refractivity contribution in [2.75, 3.05) is 0 Å². The molecule has 0 atom stereocenters. The molecule has 10 heavy (non-hydrogen) atoms. The summed E-state index contributed by atoms with van der Waals surface area (Å²) in [5, 5.41) is 0.0951. The standard InChI is InChI=1S/C4HCl3N3/c5-1-2(6)9-4(8)10-3(1)7/h8H. The van der Waals surface area contributed by atoms with Crippen LogP contribution in [0.5, 0.6) is 0 Å². The second-order valence-corrected chi connectivity index (χ2v) is 2.54. The van der Waals surface area contributed by atoms with E-state index in [2.05, 4.69) is 9.97 Å². The molecule has 3 nitrogen and oxygen atoms in total. The highest BCUT2D eigenvalue weighted by molar-refractivity contribution is 6.46. The molecule has 0 aromatic carbocycles. The largest absolute Gasteiger partial charge is 0.265 e. The van der Waals surface area contributed by atoms with Gasteiger partial charge in [-0.2, -0.15) is 9.97 Å². The Kier molecular flexibility index (Phi) is 2.18. The Labute approximate surface area is 72.1 Å². The first-order valence-electron chi connectivity index (χ1n) is 2.21. The molecule has 1 radical (unpaired) electrons. The van der Waals surface area contributed by atoms with Gasteiger partial charge in [0.25, 0.3) is 0 Å². The van der Waals surface area contributed by atoms with Crippen molar-refractivity contribution in [2.45, 2.75) is 0 Å². The van der Waals surface area contributed by atoms with Crippen molar-refractivity contribution in [3.63, 3.8) is 0 Å². The Bertz CT molecular complexity index is 239. The topological polar surface area (TPSA) is 49.6 Å². The smallest absolute Gasteiger partial charge is 0.244 e. The molecule has 0 fully saturated rings. The van der Waals surface area contributed by atoms with Crippen molar-refractivity contribution < 1.29 is 0 Å². The molecule has 0 aliphatic carbocycles. The van der Waals surface area contributed by atoms with Gasteiger partial charge in [-0.1, -0.05) is 34.8 Å². The van der Waals surface area contributed by atoms with E-state index in [0.29, 0.717) is 0 Å². The van der Waals surface area contributed by atoms with Crippen LogP contribution in [0.1, 0.15) is 0 Å². The summed E-state index contributed by atoms with van der Waals surface area (Å²) >= 11 is 16.3. The van der Waals surface area contributed by atoms with Crippen LogP contribution in [-0.2, 0) is 0 Å².